The molecule has 1 heterocycles. The number of anilines is 1. The Kier molecular flexibility index (Phi) is 5.28. The fourth-order valence-electron chi connectivity index (χ4n) is 2.95. The number of hydrogen-bond acceptors (Lipinski definition) is 3. The zero-order valence-electron chi connectivity index (χ0n) is 13.6. The van der Waals surface area contributed by atoms with E-state index in [9.17, 15) is 14.0 Å². The average molecular weight is 342 g/mol. The SMILES string of the molecule is O=C1C[C@@H](c2ccc(F)cc2)C[C@@H](COC(=O)Nc2ccccc2)N1. The first-order chi connectivity index (χ1) is 12.1. The van der Waals surface area contributed by atoms with E-state index in [-0.39, 0.29) is 30.3 Å². The van der Waals surface area contributed by atoms with E-state index < -0.39 is 6.09 Å². The number of ether oxygens (including phenoxy) is 1. The number of hydrogen-bond donors (Lipinski definition) is 2. The molecule has 5 nitrogen and oxygen atoms in total. The predicted molar refractivity (Wildman–Crippen MR) is 91.7 cm³/mol. The fourth-order valence-corrected chi connectivity index (χ4v) is 2.95. The molecule has 0 bridgehead atoms. The molecule has 1 saturated heterocycles. The van der Waals surface area contributed by atoms with Crippen LogP contribution in [0.4, 0.5) is 14.9 Å². The Morgan fingerprint density at radius 3 is 2.60 bits per heavy atom. The summed E-state index contributed by atoms with van der Waals surface area (Å²) in [4.78, 5) is 23.8. The van der Waals surface area contributed by atoms with Crippen molar-refractivity contribution in [1.82, 2.24) is 5.32 Å². The van der Waals surface area contributed by atoms with Gasteiger partial charge < -0.3 is 10.1 Å². The lowest BCUT2D eigenvalue weighted by molar-refractivity contribution is -0.124. The van der Waals surface area contributed by atoms with Crippen molar-refractivity contribution in [2.24, 2.45) is 0 Å². The van der Waals surface area contributed by atoms with E-state index in [1.807, 2.05) is 18.2 Å². The minimum absolute atomic E-state index is 0.0138. The zero-order chi connectivity index (χ0) is 17.6. The van der Waals surface area contributed by atoms with Crippen molar-refractivity contribution in [3.63, 3.8) is 0 Å². The molecule has 1 fully saturated rings. The van der Waals surface area contributed by atoms with Gasteiger partial charge >= 0.3 is 6.09 Å². The third-order valence-electron chi connectivity index (χ3n) is 4.14. The Balaban J connectivity index is 1.54. The van der Waals surface area contributed by atoms with Crippen molar-refractivity contribution >= 4 is 17.7 Å². The molecule has 2 amide bonds. The first kappa shape index (κ1) is 17.0. The number of carbonyl (C=O) groups excluding carboxylic acids is 2. The lowest BCUT2D eigenvalue weighted by atomic mass is 9.86. The molecule has 0 aliphatic carbocycles. The summed E-state index contributed by atoms with van der Waals surface area (Å²) in [6.45, 7) is 0.0854. The molecular formula is C19H19FN2O3. The van der Waals surface area contributed by atoms with Crippen LogP contribution in [0.1, 0.15) is 24.3 Å². The largest absolute Gasteiger partial charge is 0.447 e. The molecular weight excluding hydrogens is 323 g/mol. The molecule has 25 heavy (non-hydrogen) atoms. The summed E-state index contributed by atoms with van der Waals surface area (Å²) < 4.78 is 18.3. The number of amides is 2. The van der Waals surface area contributed by atoms with Crippen LogP contribution in [-0.2, 0) is 9.53 Å². The predicted octanol–water partition coefficient (Wildman–Crippen LogP) is 3.44. The maximum atomic E-state index is 13.1. The van der Waals surface area contributed by atoms with Crippen molar-refractivity contribution in [1.29, 1.82) is 0 Å². The summed E-state index contributed by atoms with van der Waals surface area (Å²) in [5.41, 5.74) is 1.55. The standard InChI is InChI=1S/C19H19FN2O3/c20-15-8-6-13(7-9-15)14-10-17(21-18(23)11-14)12-25-19(24)22-16-4-2-1-3-5-16/h1-9,14,17H,10-12H2,(H,21,23)(H,22,24)/t14-,17-/m0/s1. The van der Waals surface area contributed by atoms with E-state index in [0.717, 1.165) is 5.56 Å². The summed E-state index contributed by atoms with van der Waals surface area (Å²) in [5.74, 6) is -0.417. The minimum atomic E-state index is -0.565. The van der Waals surface area contributed by atoms with Crippen LogP contribution in [0.5, 0.6) is 0 Å². The van der Waals surface area contributed by atoms with Gasteiger partial charge in [-0.1, -0.05) is 30.3 Å². The van der Waals surface area contributed by atoms with Gasteiger partial charge in [-0.2, -0.15) is 0 Å². The maximum Gasteiger partial charge on any atom is 0.411 e. The van der Waals surface area contributed by atoms with Gasteiger partial charge in [-0.25, -0.2) is 9.18 Å². The Hall–Kier alpha value is -2.89. The van der Waals surface area contributed by atoms with Crippen molar-refractivity contribution < 1.29 is 18.7 Å². The fraction of sp³-hybridized carbons (Fsp3) is 0.263. The lowest BCUT2D eigenvalue weighted by Gasteiger charge is -2.29. The van der Waals surface area contributed by atoms with Crippen LogP contribution in [0.15, 0.2) is 54.6 Å². The van der Waals surface area contributed by atoms with Crippen LogP contribution in [0, 0.1) is 5.82 Å². The summed E-state index contributed by atoms with van der Waals surface area (Å²) in [7, 11) is 0. The Morgan fingerprint density at radius 1 is 1.16 bits per heavy atom. The highest BCUT2D eigenvalue weighted by molar-refractivity contribution is 5.84. The second kappa shape index (κ2) is 7.79. The van der Waals surface area contributed by atoms with Crippen LogP contribution in [-0.4, -0.2) is 24.6 Å². The summed E-state index contributed by atoms with van der Waals surface area (Å²) in [6, 6.07) is 14.9. The van der Waals surface area contributed by atoms with Gasteiger partial charge in [0.05, 0.1) is 6.04 Å². The van der Waals surface area contributed by atoms with Gasteiger partial charge in [-0.05, 0) is 42.2 Å². The maximum absolute atomic E-state index is 13.1. The van der Waals surface area contributed by atoms with Crippen LogP contribution >= 0.6 is 0 Å². The van der Waals surface area contributed by atoms with Gasteiger partial charge in [0.15, 0.2) is 0 Å². The second-order valence-corrected chi connectivity index (χ2v) is 6.04. The number of halogens is 1. The van der Waals surface area contributed by atoms with Crippen LogP contribution in [0.2, 0.25) is 0 Å². The summed E-state index contributed by atoms with van der Waals surface area (Å²) >= 11 is 0. The molecule has 130 valence electrons. The number of carbonyl (C=O) groups is 2. The molecule has 2 atom stereocenters. The number of rotatable bonds is 4. The highest BCUT2D eigenvalue weighted by Crippen LogP contribution is 2.28. The van der Waals surface area contributed by atoms with Gasteiger partial charge in [0.1, 0.15) is 12.4 Å². The molecule has 0 spiro atoms. The van der Waals surface area contributed by atoms with Crippen LogP contribution in [0.25, 0.3) is 0 Å². The van der Waals surface area contributed by atoms with E-state index in [1.54, 1.807) is 24.3 Å². The normalized spacial score (nSPS) is 19.8. The Bertz CT molecular complexity index is 734. The highest BCUT2D eigenvalue weighted by Gasteiger charge is 2.28. The summed E-state index contributed by atoms with van der Waals surface area (Å²) in [5, 5.41) is 5.45. The van der Waals surface area contributed by atoms with Gasteiger partial charge in [-0.15, -0.1) is 0 Å². The van der Waals surface area contributed by atoms with Crippen molar-refractivity contribution in [3.05, 3.63) is 66.0 Å². The molecule has 2 aromatic rings. The monoisotopic (exact) mass is 342 g/mol. The molecule has 2 N–H and O–H groups in total. The highest BCUT2D eigenvalue weighted by atomic mass is 19.1. The average Bonchev–Trinajstić information content (AvgIpc) is 2.61. The quantitative estimate of drug-likeness (QED) is 0.894. The first-order valence-corrected chi connectivity index (χ1v) is 8.14. The van der Waals surface area contributed by atoms with E-state index in [0.29, 0.717) is 18.5 Å². The Labute approximate surface area is 145 Å². The molecule has 1 aliphatic rings. The lowest BCUT2D eigenvalue weighted by Crippen LogP contribution is -2.44. The Morgan fingerprint density at radius 2 is 1.88 bits per heavy atom. The van der Waals surface area contributed by atoms with Gasteiger partial charge in [0.2, 0.25) is 5.91 Å². The van der Waals surface area contributed by atoms with Crippen molar-refractivity contribution in [2.75, 3.05) is 11.9 Å². The van der Waals surface area contributed by atoms with Crippen molar-refractivity contribution in [2.45, 2.75) is 24.8 Å². The van der Waals surface area contributed by atoms with E-state index >= 15 is 0 Å². The van der Waals surface area contributed by atoms with Gasteiger partial charge in [0.25, 0.3) is 0 Å². The van der Waals surface area contributed by atoms with Gasteiger partial charge in [0, 0.05) is 12.1 Å². The smallest absolute Gasteiger partial charge is 0.411 e. The number of piperidine rings is 1. The van der Waals surface area contributed by atoms with Gasteiger partial charge in [-0.3, -0.25) is 10.1 Å². The molecule has 0 radical (unpaired) electrons. The number of para-hydroxylation sites is 1. The topological polar surface area (TPSA) is 67.4 Å². The minimum Gasteiger partial charge on any atom is -0.447 e. The third-order valence-corrected chi connectivity index (χ3v) is 4.14. The zero-order valence-corrected chi connectivity index (χ0v) is 13.6. The molecule has 0 unspecified atom stereocenters. The van der Waals surface area contributed by atoms with E-state index in [1.165, 1.54) is 12.1 Å². The molecule has 0 aromatic heterocycles. The van der Waals surface area contributed by atoms with Crippen molar-refractivity contribution in [3.8, 4) is 0 Å². The van der Waals surface area contributed by atoms with Crippen LogP contribution in [0.3, 0.4) is 0 Å². The van der Waals surface area contributed by atoms with E-state index in [4.69, 9.17) is 4.74 Å². The first-order valence-electron chi connectivity index (χ1n) is 8.14. The van der Waals surface area contributed by atoms with Crippen LogP contribution < -0.4 is 10.6 Å². The number of benzene rings is 2. The molecule has 2 aromatic carbocycles. The molecule has 3 rings (SSSR count). The summed E-state index contributed by atoms with van der Waals surface area (Å²) in [6.07, 6.45) is 0.415. The molecule has 1 aliphatic heterocycles. The second-order valence-electron chi connectivity index (χ2n) is 6.04. The molecule has 0 saturated carbocycles. The van der Waals surface area contributed by atoms with E-state index in [2.05, 4.69) is 10.6 Å². The third kappa shape index (κ3) is 4.79. The number of nitrogens with one attached hydrogen (secondary N) is 2. The molecule has 6 heteroatoms.